The molecule has 124 valence electrons. The fourth-order valence-corrected chi connectivity index (χ4v) is 3.22. The highest BCUT2D eigenvalue weighted by Gasteiger charge is 2.29. The summed E-state index contributed by atoms with van der Waals surface area (Å²) in [7, 11) is 0. The standard InChI is InChI=1S/C17H16ClN3O2S/c1-10-19-16(21-23-10)17(2,3)20-15(22)14-9-8-13(24-14)11-4-6-12(18)7-5-11/h4-9H,1-3H3,(H,20,22). The van der Waals surface area contributed by atoms with Gasteiger partial charge in [0.1, 0.15) is 0 Å². The lowest BCUT2D eigenvalue weighted by atomic mass is 10.0. The van der Waals surface area contributed by atoms with Crippen molar-refractivity contribution in [1.29, 1.82) is 0 Å². The van der Waals surface area contributed by atoms with Crippen molar-refractivity contribution >= 4 is 28.8 Å². The summed E-state index contributed by atoms with van der Waals surface area (Å²) in [6.07, 6.45) is 0. The molecule has 5 nitrogen and oxygen atoms in total. The molecule has 0 radical (unpaired) electrons. The van der Waals surface area contributed by atoms with Crippen LogP contribution in [0.25, 0.3) is 10.4 Å². The minimum Gasteiger partial charge on any atom is -0.340 e. The number of aryl methyl sites for hydroxylation is 1. The zero-order valence-electron chi connectivity index (χ0n) is 13.5. The van der Waals surface area contributed by atoms with Gasteiger partial charge in [-0.2, -0.15) is 4.98 Å². The van der Waals surface area contributed by atoms with Crippen molar-refractivity contribution in [3.63, 3.8) is 0 Å². The number of carbonyl (C=O) groups excluding carboxylic acids is 1. The highest BCUT2D eigenvalue weighted by molar-refractivity contribution is 7.17. The van der Waals surface area contributed by atoms with E-state index in [4.69, 9.17) is 16.1 Å². The summed E-state index contributed by atoms with van der Waals surface area (Å²) >= 11 is 7.33. The van der Waals surface area contributed by atoms with E-state index in [1.807, 2.05) is 50.2 Å². The Balaban J connectivity index is 1.77. The predicted molar refractivity (Wildman–Crippen MR) is 94.3 cm³/mol. The number of hydrogen-bond acceptors (Lipinski definition) is 5. The van der Waals surface area contributed by atoms with Crippen LogP contribution >= 0.6 is 22.9 Å². The number of nitrogens with zero attached hydrogens (tertiary/aromatic N) is 2. The highest BCUT2D eigenvalue weighted by Crippen LogP contribution is 2.29. The molecule has 2 heterocycles. The smallest absolute Gasteiger partial charge is 0.262 e. The van der Waals surface area contributed by atoms with Gasteiger partial charge in [-0.25, -0.2) is 0 Å². The van der Waals surface area contributed by atoms with Crippen LogP contribution in [0.4, 0.5) is 0 Å². The Labute approximate surface area is 148 Å². The van der Waals surface area contributed by atoms with Crippen LogP contribution in [0.2, 0.25) is 5.02 Å². The summed E-state index contributed by atoms with van der Waals surface area (Å²) in [5.41, 5.74) is 0.302. The average Bonchev–Trinajstić information content (AvgIpc) is 3.17. The molecule has 0 spiro atoms. The van der Waals surface area contributed by atoms with Gasteiger partial charge < -0.3 is 9.84 Å². The lowest BCUT2D eigenvalue weighted by Crippen LogP contribution is -2.41. The highest BCUT2D eigenvalue weighted by atomic mass is 35.5. The van der Waals surface area contributed by atoms with E-state index in [0.717, 1.165) is 10.4 Å². The van der Waals surface area contributed by atoms with Gasteiger partial charge in [-0.05, 0) is 43.7 Å². The van der Waals surface area contributed by atoms with E-state index in [9.17, 15) is 4.79 Å². The van der Waals surface area contributed by atoms with Crippen LogP contribution in [-0.4, -0.2) is 16.0 Å². The molecule has 7 heteroatoms. The van der Waals surface area contributed by atoms with Crippen LogP contribution in [0, 0.1) is 6.92 Å². The first-order valence-corrected chi connectivity index (χ1v) is 8.54. The number of thiophene rings is 1. The Morgan fingerprint density at radius 2 is 1.92 bits per heavy atom. The number of halogens is 1. The third-order valence-corrected chi connectivity index (χ3v) is 4.86. The summed E-state index contributed by atoms with van der Waals surface area (Å²) in [5, 5.41) is 7.51. The van der Waals surface area contributed by atoms with Crippen molar-refractivity contribution in [2.24, 2.45) is 0 Å². The number of rotatable bonds is 4. The molecule has 0 aliphatic heterocycles. The van der Waals surface area contributed by atoms with Gasteiger partial charge in [0.2, 0.25) is 5.89 Å². The fraction of sp³-hybridized carbons (Fsp3) is 0.235. The summed E-state index contributed by atoms with van der Waals surface area (Å²) in [5.74, 6) is 0.740. The van der Waals surface area contributed by atoms with Crippen molar-refractivity contribution in [3.05, 3.63) is 58.0 Å². The molecule has 1 N–H and O–H groups in total. The largest absolute Gasteiger partial charge is 0.340 e. The maximum atomic E-state index is 12.5. The maximum Gasteiger partial charge on any atom is 0.262 e. The molecule has 0 unspecified atom stereocenters. The van der Waals surface area contributed by atoms with Crippen molar-refractivity contribution < 1.29 is 9.32 Å². The SMILES string of the molecule is Cc1nc(C(C)(C)NC(=O)c2ccc(-c3ccc(Cl)cc3)s2)no1. The zero-order chi connectivity index (χ0) is 17.3. The molecular formula is C17H16ClN3O2S. The first kappa shape index (κ1) is 16.7. The lowest BCUT2D eigenvalue weighted by molar-refractivity contribution is 0.0911. The van der Waals surface area contributed by atoms with E-state index >= 15 is 0 Å². The molecule has 0 aliphatic carbocycles. The lowest BCUT2D eigenvalue weighted by Gasteiger charge is -2.21. The quantitative estimate of drug-likeness (QED) is 0.746. The minimum atomic E-state index is -0.723. The first-order chi connectivity index (χ1) is 11.3. The molecule has 3 aromatic rings. The van der Waals surface area contributed by atoms with E-state index in [2.05, 4.69) is 15.5 Å². The molecular weight excluding hydrogens is 346 g/mol. The molecule has 0 fully saturated rings. The van der Waals surface area contributed by atoms with Gasteiger partial charge >= 0.3 is 0 Å². The first-order valence-electron chi connectivity index (χ1n) is 7.34. The Bertz CT molecular complexity index is 868. The Morgan fingerprint density at radius 3 is 2.54 bits per heavy atom. The van der Waals surface area contributed by atoms with Gasteiger partial charge in [-0.3, -0.25) is 4.79 Å². The van der Waals surface area contributed by atoms with E-state index in [-0.39, 0.29) is 5.91 Å². The maximum absolute atomic E-state index is 12.5. The van der Waals surface area contributed by atoms with E-state index in [1.54, 1.807) is 6.92 Å². The Morgan fingerprint density at radius 1 is 1.21 bits per heavy atom. The second-order valence-corrected chi connectivity index (χ2v) is 7.41. The Kier molecular flexibility index (Phi) is 4.43. The van der Waals surface area contributed by atoms with Crippen molar-refractivity contribution in [3.8, 4) is 10.4 Å². The van der Waals surface area contributed by atoms with Crippen molar-refractivity contribution in [2.45, 2.75) is 26.3 Å². The van der Waals surface area contributed by atoms with Crippen LogP contribution in [0.15, 0.2) is 40.9 Å². The van der Waals surface area contributed by atoms with Gasteiger partial charge in [-0.15, -0.1) is 11.3 Å². The van der Waals surface area contributed by atoms with E-state index < -0.39 is 5.54 Å². The van der Waals surface area contributed by atoms with Gasteiger partial charge in [-0.1, -0.05) is 28.9 Å². The summed E-state index contributed by atoms with van der Waals surface area (Å²) in [6.45, 7) is 5.39. The molecule has 1 amide bonds. The normalized spacial score (nSPS) is 11.5. The number of aromatic nitrogens is 2. The molecule has 0 saturated heterocycles. The second kappa shape index (κ2) is 6.37. The number of amides is 1. The molecule has 0 bridgehead atoms. The summed E-state index contributed by atoms with van der Waals surface area (Å²) in [6, 6.07) is 11.3. The second-order valence-electron chi connectivity index (χ2n) is 5.89. The third kappa shape index (κ3) is 3.49. The molecule has 2 aromatic heterocycles. The predicted octanol–water partition coefficient (Wildman–Crippen LogP) is 4.43. The van der Waals surface area contributed by atoms with Crippen LogP contribution in [0.5, 0.6) is 0 Å². The van der Waals surface area contributed by atoms with Crippen LogP contribution in [0.3, 0.4) is 0 Å². The molecule has 0 atom stereocenters. The van der Waals surface area contributed by atoms with E-state index in [0.29, 0.717) is 21.6 Å². The van der Waals surface area contributed by atoms with Gasteiger partial charge in [0.15, 0.2) is 5.82 Å². The number of benzene rings is 1. The molecule has 0 saturated carbocycles. The molecule has 3 rings (SSSR count). The van der Waals surface area contributed by atoms with Crippen LogP contribution < -0.4 is 5.32 Å². The van der Waals surface area contributed by atoms with Crippen LogP contribution in [0.1, 0.15) is 35.2 Å². The monoisotopic (exact) mass is 361 g/mol. The number of nitrogens with one attached hydrogen (secondary N) is 1. The van der Waals surface area contributed by atoms with E-state index in [1.165, 1.54) is 11.3 Å². The van der Waals surface area contributed by atoms with Crippen molar-refractivity contribution in [2.75, 3.05) is 0 Å². The molecule has 24 heavy (non-hydrogen) atoms. The van der Waals surface area contributed by atoms with Gasteiger partial charge in [0.05, 0.1) is 10.4 Å². The third-order valence-electron chi connectivity index (χ3n) is 3.47. The van der Waals surface area contributed by atoms with Gasteiger partial charge in [0.25, 0.3) is 5.91 Å². The Hall–Kier alpha value is -2.18. The minimum absolute atomic E-state index is 0.173. The number of carbonyl (C=O) groups is 1. The van der Waals surface area contributed by atoms with Gasteiger partial charge in [0, 0.05) is 16.8 Å². The topological polar surface area (TPSA) is 68.0 Å². The number of hydrogen-bond donors (Lipinski definition) is 1. The van der Waals surface area contributed by atoms with Crippen molar-refractivity contribution in [1.82, 2.24) is 15.5 Å². The molecule has 1 aromatic carbocycles. The fourth-order valence-electron chi connectivity index (χ4n) is 2.18. The summed E-state index contributed by atoms with van der Waals surface area (Å²) in [4.78, 5) is 18.3. The molecule has 0 aliphatic rings. The average molecular weight is 362 g/mol. The summed E-state index contributed by atoms with van der Waals surface area (Å²) < 4.78 is 4.99. The van der Waals surface area contributed by atoms with Crippen LogP contribution in [-0.2, 0) is 5.54 Å². The zero-order valence-corrected chi connectivity index (χ0v) is 15.0.